The van der Waals surface area contributed by atoms with Gasteiger partial charge < -0.3 is 35.4 Å². The molecule has 2 aliphatic rings. The van der Waals surface area contributed by atoms with Crippen LogP contribution in [0.5, 0.6) is 11.5 Å². The number of aliphatic imine (C=N–C) groups is 2. The number of amidine groups is 2. The Morgan fingerprint density at radius 2 is 1.18 bits per heavy atom. The van der Waals surface area contributed by atoms with E-state index in [-0.39, 0.29) is 61.9 Å². The third-order valence-electron chi connectivity index (χ3n) is 10.9. The van der Waals surface area contributed by atoms with Crippen molar-refractivity contribution < 1.29 is 66.7 Å². The molecule has 4 aromatic carbocycles. The van der Waals surface area contributed by atoms with E-state index in [1.54, 1.807) is 38.1 Å². The molecule has 0 bridgehead atoms. The number of halogens is 5. The molecule has 3 atom stereocenters. The molecular formula is C47H47Cl2F3N4O11. The second-order valence-electron chi connectivity index (χ2n) is 16.4. The Labute approximate surface area is 393 Å². The molecule has 6 rings (SSSR count). The van der Waals surface area contributed by atoms with Crippen LogP contribution >= 0.6 is 23.2 Å². The summed E-state index contributed by atoms with van der Waals surface area (Å²) in [7, 11) is 0. The lowest BCUT2D eigenvalue weighted by Gasteiger charge is -2.21. The van der Waals surface area contributed by atoms with Crippen molar-refractivity contribution in [1.29, 1.82) is 0 Å². The number of alkyl halides is 3. The molecule has 4 aromatic rings. The summed E-state index contributed by atoms with van der Waals surface area (Å²) in [6, 6.07) is 16.4. The molecule has 20 heteroatoms. The van der Waals surface area contributed by atoms with Crippen LogP contribution in [0.3, 0.4) is 0 Å². The van der Waals surface area contributed by atoms with Gasteiger partial charge in [0.25, 0.3) is 11.8 Å². The number of ether oxygens (including phenoxy) is 2. The maximum atomic E-state index is 12.7. The van der Waals surface area contributed by atoms with Crippen molar-refractivity contribution in [2.75, 3.05) is 0 Å². The molecule has 0 saturated carbocycles. The monoisotopic (exact) mass is 970 g/mol. The molecule has 15 nitrogen and oxygen atoms in total. The molecular weight excluding hydrogens is 924 g/mol. The maximum absolute atomic E-state index is 12.7. The normalized spacial score (nSPS) is 18.0. The number of aliphatic carboxylic acids is 1. The van der Waals surface area contributed by atoms with Gasteiger partial charge in [0.2, 0.25) is 0 Å². The molecule has 5 N–H and O–H groups in total. The number of hydrogen-bond donors (Lipinski definition) is 5. The van der Waals surface area contributed by atoms with E-state index >= 15 is 0 Å². The fourth-order valence-corrected chi connectivity index (χ4v) is 6.51. The number of carboxylic acid groups (broad SMARTS) is 3. The number of nitrogens with zero attached hydrogens (tertiary/aromatic N) is 2. The van der Waals surface area contributed by atoms with Crippen LogP contribution in [-0.2, 0) is 25.3 Å². The van der Waals surface area contributed by atoms with Gasteiger partial charge in [0.05, 0.1) is 32.3 Å². The van der Waals surface area contributed by atoms with Gasteiger partial charge in [-0.2, -0.15) is 13.2 Å². The first kappa shape index (κ1) is 52.8. The van der Waals surface area contributed by atoms with Gasteiger partial charge in [0.1, 0.15) is 34.2 Å². The van der Waals surface area contributed by atoms with Crippen molar-refractivity contribution in [3.8, 4) is 11.5 Å². The molecule has 2 unspecified atom stereocenters. The third kappa shape index (κ3) is 12.4. The summed E-state index contributed by atoms with van der Waals surface area (Å²) in [4.78, 5) is 78.5. The molecule has 0 fully saturated rings. The fraction of sp³-hybridized carbons (Fsp3) is 0.319. The summed E-state index contributed by atoms with van der Waals surface area (Å²) in [5.41, 5.74) is 0.136. The van der Waals surface area contributed by atoms with Crippen LogP contribution in [0.4, 0.5) is 13.2 Å². The Balaban J connectivity index is 0.000000223. The zero-order valence-electron chi connectivity index (χ0n) is 37.6. The van der Waals surface area contributed by atoms with E-state index in [0.717, 1.165) is 36.2 Å². The number of aromatic carboxylic acids is 2. The first-order chi connectivity index (χ1) is 31.0. The van der Waals surface area contributed by atoms with Gasteiger partial charge in [0.15, 0.2) is 6.10 Å². The van der Waals surface area contributed by atoms with E-state index in [1.165, 1.54) is 18.2 Å². The van der Waals surface area contributed by atoms with Gasteiger partial charge in [-0.1, -0.05) is 80.2 Å². The van der Waals surface area contributed by atoms with Crippen molar-refractivity contribution in [3.63, 3.8) is 0 Å². The summed E-state index contributed by atoms with van der Waals surface area (Å²) < 4.78 is 48.1. The number of amides is 2. The molecule has 2 heterocycles. The highest BCUT2D eigenvalue weighted by atomic mass is 35.5. The van der Waals surface area contributed by atoms with Gasteiger partial charge in [0, 0.05) is 11.1 Å². The van der Waals surface area contributed by atoms with Crippen molar-refractivity contribution in [1.82, 2.24) is 10.6 Å². The van der Waals surface area contributed by atoms with Crippen LogP contribution in [0.15, 0.2) is 82.8 Å². The van der Waals surface area contributed by atoms with Crippen LogP contribution in [-0.4, -0.2) is 79.9 Å². The predicted molar refractivity (Wildman–Crippen MR) is 243 cm³/mol. The van der Waals surface area contributed by atoms with Gasteiger partial charge in [-0.05, 0) is 101 Å². The summed E-state index contributed by atoms with van der Waals surface area (Å²) in [5, 5.41) is 32.4. The Hall–Kier alpha value is -6.79. The molecule has 2 amide bonds. The standard InChI is InChI=1S/C17H11Cl2F3O5.2C15H18N2O3/c1-8(15(23)24)26-16(25)11-7-10(3-4-12(11)18)27-14-5-2-9(6-13(14)19)17(20,21)22;1-8(2)15(4)14(20)16-12(17-15)11-7-9(3)5-6-10(11)13(18)19;1-8(2)15(4)14(20)16-12(17-15)10-6-5-9(3)7-11(10)13(18)19/h2-8H,1H3,(H,23,24);2*5-8H,1-4H3,(H,18,19)(H,16,17,20)/t8-;;/m0../s1. The highest BCUT2D eigenvalue weighted by Gasteiger charge is 2.44. The van der Waals surface area contributed by atoms with Crippen LogP contribution in [0, 0.1) is 25.7 Å². The summed E-state index contributed by atoms with van der Waals surface area (Å²) >= 11 is 11.7. The summed E-state index contributed by atoms with van der Waals surface area (Å²) in [6.45, 7) is 16.0. The fourth-order valence-electron chi connectivity index (χ4n) is 6.10. The number of carbonyl (C=O) groups is 6. The number of rotatable bonds is 11. The van der Waals surface area contributed by atoms with Gasteiger partial charge in [-0.3, -0.25) is 19.6 Å². The van der Waals surface area contributed by atoms with Crippen LogP contribution in [0.1, 0.15) is 107 Å². The lowest BCUT2D eigenvalue weighted by Crippen LogP contribution is -2.41. The van der Waals surface area contributed by atoms with Crippen molar-refractivity contribution in [3.05, 3.63) is 127 Å². The molecule has 0 saturated heterocycles. The minimum absolute atomic E-state index is 0.0246. The molecule has 0 spiro atoms. The van der Waals surface area contributed by atoms with Crippen LogP contribution in [0.2, 0.25) is 10.0 Å². The lowest BCUT2D eigenvalue weighted by molar-refractivity contribution is -0.146. The molecule has 0 aliphatic carbocycles. The molecule has 2 aliphatic heterocycles. The predicted octanol–water partition coefficient (Wildman–Crippen LogP) is 9.40. The number of benzene rings is 4. The Morgan fingerprint density at radius 3 is 1.66 bits per heavy atom. The Kier molecular flexibility index (Phi) is 16.4. The topological polar surface area (TPSA) is 230 Å². The highest BCUT2D eigenvalue weighted by molar-refractivity contribution is 6.33. The number of carboxylic acids is 3. The quantitative estimate of drug-likeness (QED) is 0.0889. The first-order valence-electron chi connectivity index (χ1n) is 20.3. The second-order valence-corrected chi connectivity index (χ2v) is 17.2. The Morgan fingerprint density at radius 1 is 0.657 bits per heavy atom. The van der Waals surface area contributed by atoms with E-state index in [0.29, 0.717) is 28.9 Å². The van der Waals surface area contributed by atoms with Crippen molar-refractivity contribution in [2.24, 2.45) is 21.8 Å². The summed E-state index contributed by atoms with van der Waals surface area (Å²) in [6.07, 6.45) is -5.96. The lowest BCUT2D eigenvalue weighted by atomic mass is 9.89. The zero-order valence-corrected chi connectivity index (χ0v) is 39.1. The molecule has 67 heavy (non-hydrogen) atoms. The summed E-state index contributed by atoms with van der Waals surface area (Å²) in [5.74, 6) is -4.11. The molecule has 0 radical (unpaired) electrons. The smallest absolute Gasteiger partial charge is 0.416 e. The van der Waals surface area contributed by atoms with E-state index in [1.807, 2.05) is 47.6 Å². The number of esters is 1. The van der Waals surface area contributed by atoms with E-state index < -0.39 is 52.8 Å². The largest absolute Gasteiger partial charge is 0.479 e. The molecule has 0 aromatic heterocycles. The number of aryl methyl sites for hydroxylation is 2. The first-order valence-corrected chi connectivity index (χ1v) is 21.0. The number of hydrogen-bond acceptors (Lipinski definition) is 10. The van der Waals surface area contributed by atoms with Crippen molar-refractivity contribution >= 4 is 70.6 Å². The average Bonchev–Trinajstić information content (AvgIpc) is 3.73. The molecule has 356 valence electrons. The van der Waals surface area contributed by atoms with Crippen molar-refractivity contribution in [2.45, 2.75) is 85.7 Å². The van der Waals surface area contributed by atoms with Crippen LogP contribution in [0.25, 0.3) is 0 Å². The van der Waals surface area contributed by atoms with E-state index in [4.69, 9.17) is 37.8 Å². The second kappa shape index (κ2) is 20.8. The Bertz CT molecular complexity index is 2700. The van der Waals surface area contributed by atoms with Gasteiger partial charge >= 0.3 is 30.1 Å². The van der Waals surface area contributed by atoms with Gasteiger partial charge in [-0.15, -0.1) is 0 Å². The van der Waals surface area contributed by atoms with Gasteiger partial charge in [-0.25, -0.2) is 19.2 Å². The minimum atomic E-state index is -4.56. The van der Waals surface area contributed by atoms with Crippen LogP contribution < -0.4 is 15.4 Å². The zero-order chi connectivity index (χ0) is 50.5. The third-order valence-corrected chi connectivity index (χ3v) is 11.5. The SMILES string of the molecule is C[C@H](OC(=O)c1cc(Oc2ccc(C(F)(F)F)cc2Cl)ccc1Cl)C(=O)O.Cc1ccc(C(=O)O)c(C2=NC(C)(C(C)C)C(=O)N2)c1.Cc1ccc(C2=NC(C)(C(C)C)C(=O)N2)c(C(=O)O)c1. The number of carbonyl (C=O) groups excluding carboxylic acids is 3. The average molecular weight is 972 g/mol. The van der Waals surface area contributed by atoms with E-state index in [9.17, 15) is 52.2 Å². The van der Waals surface area contributed by atoms with E-state index in [2.05, 4.69) is 20.6 Å². The number of nitrogens with one attached hydrogen (secondary N) is 2. The minimum Gasteiger partial charge on any atom is -0.479 e. The maximum Gasteiger partial charge on any atom is 0.416 e. The highest BCUT2D eigenvalue weighted by Crippen LogP contribution is 2.37.